The van der Waals surface area contributed by atoms with Crippen LogP contribution in [-0.4, -0.2) is 9.55 Å². The molecule has 0 aromatic carbocycles. The molecule has 3 rings (SSSR count). The summed E-state index contributed by atoms with van der Waals surface area (Å²) in [4.78, 5) is 4.52. The number of imidazole rings is 1. The number of aryl methyl sites for hydroxylation is 3. The lowest BCUT2D eigenvalue weighted by Gasteiger charge is -1.90. The van der Waals surface area contributed by atoms with Crippen LogP contribution < -0.4 is 4.40 Å². The molecule has 3 aromatic heterocycles. The molecule has 0 amide bonds. The van der Waals surface area contributed by atoms with Gasteiger partial charge in [0.25, 0.3) is 5.65 Å². The van der Waals surface area contributed by atoms with Crippen LogP contribution in [0.25, 0.3) is 15.9 Å². The van der Waals surface area contributed by atoms with Crippen molar-refractivity contribution in [3.8, 4) is 0 Å². The largest absolute Gasteiger partial charge is 0.287 e. The molecule has 0 saturated carbocycles. The summed E-state index contributed by atoms with van der Waals surface area (Å²) in [6, 6.07) is 2.22. The smallest absolute Gasteiger partial charge is 0.238 e. The maximum atomic E-state index is 4.52. The van der Waals surface area contributed by atoms with Crippen LogP contribution in [0.1, 0.15) is 17.6 Å². The number of hydrogen-bond acceptors (Lipinski definition) is 2. The summed E-state index contributed by atoms with van der Waals surface area (Å²) >= 11 is 1.75. The standard InChI is InChI=1S/C12H14N3S/c1-4-9-6-15-7-10-11(16-8(2)13-10)5-12(15)14(9)3/h5-7H,4H2,1-3H3/q+1. The van der Waals surface area contributed by atoms with Gasteiger partial charge >= 0.3 is 0 Å². The fourth-order valence-corrected chi connectivity index (χ4v) is 2.97. The number of aromatic nitrogens is 3. The average Bonchev–Trinajstić information content (AvgIpc) is 2.75. The summed E-state index contributed by atoms with van der Waals surface area (Å²) in [7, 11) is 2.12. The lowest BCUT2D eigenvalue weighted by molar-refractivity contribution is -0.509. The third kappa shape index (κ3) is 1.26. The summed E-state index contributed by atoms with van der Waals surface area (Å²) in [6.07, 6.45) is 5.36. The monoisotopic (exact) mass is 232 g/mol. The minimum Gasteiger partial charge on any atom is -0.238 e. The van der Waals surface area contributed by atoms with Gasteiger partial charge in [-0.25, -0.2) is 14.0 Å². The summed E-state index contributed by atoms with van der Waals surface area (Å²) in [5.41, 5.74) is 3.66. The first kappa shape index (κ1) is 9.78. The predicted molar refractivity (Wildman–Crippen MR) is 65.9 cm³/mol. The summed E-state index contributed by atoms with van der Waals surface area (Å²) in [5, 5.41) is 1.13. The highest BCUT2D eigenvalue weighted by molar-refractivity contribution is 7.18. The second kappa shape index (κ2) is 3.28. The third-order valence-corrected chi connectivity index (χ3v) is 3.93. The van der Waals surface area contributed by atoms with Crippen LogP contribution in [0.4, 0.5) is 0 Å². The van der Waals surface area contributed by atoms with E-state index in [0.717, 1.165) is 16.9 Å². The van der Waals surface area contributed by atoms with Crippen molar-refractivity contribution >= 4 is 27.2 Å². The lowest BCUT2D eigenvalue weighted by Crippen LogP contribution is -2.18. The van der Waals surface area contributed by atoms with Gasteiger partial charge in [0.15, 0.2) is 0 Å². The molecule has 3 nitrogen and oxygen atoms in total. The van der Waals surface area contributed by atoms with Crippen LogP contribution in [0.15, 0.2) is 18.5 Å². The van der Waals surface area contributed by atoms with E-state index in [2.05, 4.69) is 53.3 Å². The van der Waals surface area contributed by atoms with Crippen molar-refractivity contribution in [1.82, 2.24) is 9.55 Å². The number of hydrogen-bond donors (Lipinski definition) is 0. The van der Waals surface area contributed by atoms with Gasteiger partial charge in [0.1, 0.15) is 23.6 Å². The molecule has 0 aliphatic heterocycles. The molecule has 3 heterocycles. The van der Waals surface area contributed by atoms with E-state index in [4.69, 9.17) is 0 Å². The Morgan fingerprint density at radius 1 is 1.44 bits per heavy atom. The van der Waals surface area contributed by atoms with Crippen LogP contribution in [0, 0.1) is 6.92 Å². The van der Waals surface area contributed by atoms with Crippen molar-refractivity contribution in [1.29, 1.82) is 0 Å². The van der Waals surface area contributed by atoms with E-state index in [9.17, 15) is 0 Å². The maximum Gasteiger partial charge on any atom is 0.287 e. The Kier molecular flexibility index (Phi) is 2.01. The second-order valence-electron chi connectivity index (χ2n) is 4.05. The summed E-state index contributed by atoms with van der Waals surface area (Å²) < 4.78 is 5.68. The number of fused-ring (bicyclic) bond motifs is 2. The van der Waals surface area contributed by atoms with Gasteiger partial charge in [-0.3, -0.25) is 0 Å². The molecule has 0 unspecified atom stereocenters. The Morgan fingerprint density at radius 3 is 3.00 bits per heavy atom. The van der Waals surface area contributed by atoms with Crippen molar-refractivity contribution in [2.45, 2.75) is 20.3 Å². The molecule has 0 saturated heterocycles. The summed E-state index contributed by atoms with van der Waals surface area (Å²) in [6.45, 7) is 4.23. The van der Waals surface area contributed by atoms with E-state index in [0.29, 0.717) is 0 Å². The van der Waals surface area contributed by atoms with E-state index >= 15 is 0 Å². The molecule has 0 aliphatic rings. The van der Waals surface area contributed by atoms with Crippen LogP contribution in [0.5, 0.6) is 0 Å². The van der Waals surface area contributed by atoms with Gasteiger partial charge in [0, 0.05) is 12.5 Å². The fourth-order valence-electron chi connectivity index (χ4n) is 2.14. The first-order valence-corrected chi connectivity index (χ1v) is 6.27. The molecule has 0 N–H and O–H groups in total. The first-order chi connectivity index (χ1) is 7.69. The minimum absolute atomic E-state index is 1.05. The van der Waals surface area contributed by atoms with Crippen LogP contribution in [0.2, 0.25) is 0 Å². The van der Waals surface area contributed by atoms with E-state index < -0.39 is 0 Å². The minimum atomic E-state index is 1.05. The average molecular weight is 232 g/mol. The second-order valence-corrected chi connectivity index (χ2v) is 5.29. The molecular weight excluding hydrogens is 218 g/mol. The maximum absolute atomic E-state index is 4.52. The molecule has 3 aromatic rings. The molecule has 0 bridgehead atoms. The Hall–Kier alpha value is -1.42. The SMILES string of the molecule is CCc1c[n+]2cc3nc(C)sc3cc2n1C. The van der Waals surface area contributed by atoms with Gasteiger partial charge in [-0.2, -0.15) is 0 Å². The fraction of sp³-hybridized carbons (Fsp3) is 0.333. The van der Waals surface area contributed by atoms with Crippen LogP contribution >= 0.6 is 11.3 Å². The number of thiazole rings is 1. The predicted octanol–water partition coefficient (Wildman–Crippen LogP) is 2.24. The van der Waals surface area contributed by atoms with E-state index in [1.807, 2.05) is 0 Å². The highest BCUT2D eigenvalue weighted by Gasteiger charge is 2.15. The quantitative estimate of drug-likeness (QED) is 0.590. The molecule has 0 aliphatic carbocycles. The van der Waals surface area contributed by atoms with Crippen molar-refractivity contribution < 1.29 is 4.40 Å². The Balaban J connectivity index is 2.42. The molecule has 82 valence electrons. The highest BCUT2D eigenvalue weighted by atomic mass is 32.1. The highest BCUT2D eigenvalue weighted by Crippen LogP contribution is 2.21. The van der Waals surface area contributed by atoms with Gasteiger partial charge in [-0.05, 0) is 6.92 Å². The lowest BCUT2D eigenvalue weighted by atomic mass is 10.4. The Morgan fingerprint density at radius 2 is 2.25 bits per heavy atom. The third-order valence-electron chi connectivity index (χ3n) is 3.00. The van der Waals surface area contributed by atoms with Gasteiger partial charge in [-0.1, -0.05) is 6.92 Å². The van der Waals surface area contributed by atoms with Gasteiger partial charge in [0.05, 0.1) is 16.8 Å². The van der Waals surface area contributed by atoms with E-state index in [1.165, 1.54) is 16.0 Å². The zero-order valence-electron chi connectivity index (χ0n) is 9.69. The molecule has 0 radical (unpaired) electrons. The zero-order chi connectivity index (χ0) is 11.3. The van der Waals surface area contributed by atoms with E-state index in [1.54, 1.807) is 11.3 Å². The molecule has 16 heavy (non-hydrogen) atoms. The first-order valence-electron chi connectivity index (χ1n) is 5.46. The van der Waals surface area contributed by atoms with E-state index in [-0.39, 0.29) is 0 Å². The van der Waals surface area contributed by atoms with Gasteiger partial charge in [0.2, 0.25) is 0 Å². The number of nitrogens with zero attached hydrogens (tertiary/aromatic N) is 3. The molecular formula is C12H14N3S+. The van der Waals surface area contributed by atoms with Crippen molar-refractivity contribution in [3.63, 3.8) is 0 Å². The van der Waals surface area contributed by atoms with Crippen molar-refractivity contribution in [3.05, 3.63) is 29.2 Å². The summed E-state index contributed by atoms with van der Waals surface area (Å²) in [5.74, 6) is 0. The normalized spacial score (nSPS) is 11.7. The Labute approximate surface area is 98.0 Å². The van der Waals surface area contributed by atoms with Crippen LogP contribution in [-0.2, 0) is 13.5 Å². The van der Waals surface area contributed by atoms with Crippen molar-refractivity contribution in [2.75, 3.05) is 0 Å². The van der Waals surface area contributed by atoms with Gasteiger partial charge in [-0.15, -0.1) is 11.3 Å². The Bertz CT molecular complexity index is 678. The van der Waals surface area contributed by atoms with Crippen LogP contribution in [0.3, 0.4) is 0 Å². The zero-order valence-corrected chi connectivity index (χ0v) is 10.5. The topological polar surface area (TPSA) is 21.9 Å². The molecule has 0 atom stereocenters. The molecule has 4 heteroatoms. The number of pyridine rings is 1. The van der Waals surface area contributed by atoms with Crippen molar-refractivity contribution in [2.24, 2.45) is 7.05 Å². The van der Waals surface area contributed by atoms with Gasteiger partial charge < -0.3 is 0 Å². The number of rotatable bonds is 1. The molecule has 0 spiro atoms. The molecule has 0 fully saturated rings.